The van der Waals surface area contributed by atoms with Crippen molar-refractivity contribution in [1.82, 2.24) is 9.97 Å². The van der Waals surface area contributed by atoms with E-state index in [1.165, 1.54) is 0 Å². The first-order valence-electron chi connectivity index (χ1n) is 4.50. The van der Waals surface area contributed by atoms with Crippen molar-refractivity contribution in [2.24, 2.45) is 0 Å². The van der Waals surface area contributed by atoms with Crippen LogP contribution in [0.2, 0.25) is 0 Å². The third-order valence-electron chi connectivity index (χ3n) is 1.96. The van der Waals surface area contributed by atoms with Crippen LogP contribution in [0.5, 0.6) is 0 Å². The topological polar surface area (TPSA) is 59.9 Å². The Labute approximate surface area is 94.6 Å². The lowest BCUT2D eigenvalue weighted by molar-refractivity contribution is 0.577. The van der Waals surface area contributed by atoms with Crippen LogP contribution in [0.1, 0.15) is 18.3 Å². The van der Waals surface area contributed by atoms with E-state index in [9.17, 15) is 8.42 Å². The van der Waals surface area contributed by atoms with Crippen molar-refractivity contribution < 1.29 is 8.42 Å². The van der Waals surface area contributed by atoms with Crippen molar-refractivity contribution in [2.45, 2.75) is 31.2 Å². The van der Waals surface area contributed by atoms with Crippen molar-refractivity contribution in [1.29, 1.82) is 0 Å². The van der Waals surface area contributed by atoms with Gasteiger partial charge in [0.15, 0.2) is 0 Å². The van der Waals surface area contributed by atoms with Gasteiger partial charge in [0, 0.05) is 17.3 Å². The van der Waals surface area contributed by atoms with Gasteiger partial charge in [0.25, 0.3) is 0 Å². The van der Waals surface area contributed by atoms with Gasteiger partial charge in [0.2, 0.25) is 15.0 Å². The van der Waals surface area contributed by atoms with E-state index >= 15 is 0 Å². The summed E-state index contributed by atoms with van der Waals surface area (Å²) in [6.45, 7) is 5.02. The first kappa shape index (κ1) is 12.4. The highest BCUT2D eigenvalue weighted by Crippen LogP contribution is 2.13. The van der Waals surface area contributed by atoms with Crippen LogP contribution in [-0.2, 0) is 9.84 Å². The van der Waals surface area contributed by atoms with Gasteiger partial charge >= 0.3 is 0 Å². The first-order chi connectivity index (χ1) is 6.87. The molecule has 1 unspecified atom stereocenters. The maximum Gasteiger partial charge on any atom is 0.247 e. The first-order valence-corrected chi connectivity index (χ1v) is 6.58. The molecule has 1 aromatic rings. The van der Waals surface area contributed by atoms with Crippen LogP contribution in [0.15, 0.2) is 11.2 Å². The number of aromatic nitrogens is 2. The van der Waals surface area contributed by atoms with E-state index in [4.69, 9.17) is 11.6 Å². The molecule has 0 saturated heterocycles. The van der Waals surface area contributed by atoms with Gasteiger partial charge in [0.05, 0.1) is 5.25 Å². The Balaban J connectivity index is 3.27. The Bertz CT molecular complexity index is 439. The van der Waals surface area contributed by atoms with Crippen LogP contribution in [0.4, 0.5) is 0 Å². The molecule has 0 bridgehead atoms. The Morgan fingerprint density at radius 1 is 1.33 bits per heavy atom. The molecule has 0 amide bonds. The van der Waals surface area contributed by atoms with E-state index in [2.05, 4.69) is 9.97 Å². The SMILES string of the molecule is Cc1cc(C)nc(S(=O)(=O)C(C)CCl)n1. The molecule has 0 N–H and O–H groups in total. The minimum absolute atomic E-state index is 0.0404. The summed E-state index contributed by atoms with van der Waals surface area (Å²) in [4.78, 5) is 7.83. The minimum Gasteiger partial charge on any atom is -0.224 e. The van der Waals surface area contributed by atoms with E-state index in [0.717, 1.165) is 0 Å². The van der Waals surface area contributed by atoms with Gasteiger partial charge in [-0.05, 0) is 26.8 Å². The number of hydrogen-bond acceptors (Lipinski definition) is 4. The molecule has 0 spiro atoms. The summed E-state index contributed by atoms with van der Waals surface area (Å²) in [5.74, 6) is 0.0404. The van der Waals surface area contributed by atoms with Crippen LogP contribution in [-0.4, -0.2) is 29.5 Å². The van der Waals surface area contributed by atoms with E-state index < -0.39 is 15.1 Å². The van der Waals surface area contributed by atoms with Gasteiger partial charge in [-0.3, -0.25) is 0 Å². The number of nitrogens with zero attached hydrogens (tertiary/aromatic N) is 2. The molecule has 1 heterocycles. The molecule has 6 heteroatoms. The van der Waals surface area contributed by atoms with E-state index in [-0.39, 0.29) is 11.0 Å². The molecule has 0 aliphatic rings. The maximum absolute atomic E-state index is 11.9. The van der Waals surface area contributed by atoms with E-state index in [1.807, 2.05) is 0 Å². The molecule has 0 radical (unpaired) electrons. The summed E-state index contributed by atoms with van der Waals surface area (Å²) < 4.78 is 23.7. The second kappa shape index (κ2) is 4.45. The Morgan fingerprint density at radius 3 is 2.20 bits per heavy atom. The van der Waals surface area contributed by atoms with Crippen molar-refractivity contribution >= 4 is 21.4 Å². The van der Waals surface area contributed by atoms with Gasteiger partial charge in [-0.25, -0.2) is 18.4 Å². The quantitative estimate of drug-likeness (QED) is 0.601. The van der Waals surface area contributed by atoms with Crippen molar-refractivity contribution in [3.05, 3.63) is 17.5 Å². The molecule has 84 valence electrons. The zero-order chi connectivity index (χ0) is 11.6. The van der Waals surface area contributed by atoms with Crippen LogP contribution < -0.4 is 0 Å². The predicted octanol–water partition coefficient (Wildman–Crippen LogP) is 1.49. The van der Waals surface area contributed by atoms with Crippen LogP contribution in [0, 0.1) is 13.8 Å². The summed E-state index contributed by atoms with van der Waals surface area (Å²) in [5, 5.41) is -0.798. The highest BCUT2D eigenvalue weighted by atomic mass is 35.5. The maximum atomic E-state index is 11.9. The molecule has 0 aliphatic carbocycles. The van der Waals surface area contributed by atoms with Gasteiger partial charge in [-0.2, -0.15) is 0 Å². The minimum atomic E-state index is -3.49. The lowest BCUT2D eigenvalue weighted by atomic mass is 10.4. The summed E-state index contributed by atoms with van der Waals surface area (Å²) >= 11 is 5.53. The number of rotatable bonds is 3. The third kappa shape index (κ3) is 2.66. The van der Waals surface area contributed by atoms with Crippen molar-refractivity contribution in [3.8, 4) is 0 Å². The third-order valence-corrected chi connectivity index (χ3v) is 4.53. The zero-order valence-electron chi connectivity index (χ0n) is 8.86. The lowest BCUT2D eigenvalue weighted by Crippen LogP contribution is -2.22. The summed E-state index contributed by atoms with van der Waals surface area (Å²) in [5.41, 5.74) is 1.28. The second-order valence-corrected chi connectivity index (χ2v) is 6.01. The summed E-state index contributed by atoms with van der Waals surface area (Å²) in [7, 11) is -3.49. The lowest BCUT2D eigenvalue weighted by Gasteiger charge is -2.08. The average molecular weight is 249 g/mol. The molecular formula is C9H13ClN2O2S. The smallest absolute Gasteiger partial charge is 0.224 e. The number of hydrogen-bond donors (Lipinski definition) is 0. The molecule has 1 aromatic heterocycles. The molecule has 0 saturated carbocycles. The molecule has 15 heavy (non-hydrogen) atoms. The highest BCUT2D eigenvalue weighted by molar-refractivity contribution is 7.91. The number of alkyl halides is 1. The number of sulfone groups is 1. The highest BCUT2D eigenvalue weighted by Gasteiger charge is 2.25. The van der Waals surface area contributed by atoms with E-state index in [0.29, 0.717) is 11.4 Å². The molecule has 0 fully saturated rings. The Kier molecular flexibility index (Phi) is 3.67. The summed E-state index contributed by atoms with van der Waals surface area (Å²) in [6.07, 6.45) is 0. The fourth-order valence-corrected chi connectivity index (χ4v) is 2.65. The monoisotopic (exact) mass is 248 g/mol. The summed E-state index contributed by atoms with van der Waals surface area (Å²) in [6, 6.07) is 1.73. The molecule has 4 nitrogen and oxygen atoms in total. The predicted molar refractivity (Wildman–Crippen MR) is 58.9 cm³/mol. The molecule has 1 atom stereocenters. The number of aryl methyl sites for hydroxylation is 2. The van der Waals surface area contributed by atoms with E-state index in [1.54, 1.807) is 26.8 Å². The second-order valence-electron chi connectivity index (χ2n) is 3.44. The zero-order valence-corrected chi connectivity index (χ0v) is 10.4. The van der Waals surface area contributed by atoms with Crippen molar-refractivity contribution in [2.75, 3.05) is 5.88 Å². The van der Waals surface area contributed by atoms with Crippen LogP contribution >= 0.6 is 11.6 Å². The van der Waals surface area contributed by atoms with Gasteiger partial charge in [-0.15, -0.1) is 11.6 Å². The van der Waals surface area contributed by atoms with Crippen LogP contribution in [0.25, 0.3) is 0 Å². The van der Waals surface area contributed by atoms with Gasteiger partial charge < -0.3 is 0 Å². The largest absolute Gasteiger partial charge is 0.247 e. The molecule has 1 rings (SSSR count). The molecular weight excluding hydrogens is 236 g/mol. The normalized spacial score (nSPS) is 13.9. The average Bonchev–Trinajstić information content (AvgIpc) is 2.15. The van der Waals surface area contributed by atoms with Gasteiger partial charge in [0.1, 0.15) is 0 Å². The molecule has 0 aromatic carbocycles. The Morgan fingerprint density at radius 2 is 1.80 bits per heavy atom. The van der Waals surface area contributed by atoms with Crippen molar-refractivity contribution in [3.63, 3.8) is 0 Å². The standard InChI is InChI=1S/C9H13ClN2O2S/c1-6-4-7(2)12-9(11-6)15(13,14)8(3)5-10/h4,8H,5H2,1-3H3. The van der Waals surface area contributed by atoms with Gasteiger partial charge in [-0.1, -0.05) is 0 Å². The number of halogens is 1. The molecule has 0 aliphatic heterocycles. The fraction of sp³-hybridized carbons (Fsp3) is 0.556. The fourth-order valence-electron chi connectivity index (χ4n) is 1.08. The van der Waals surface area contributed by atoms with Crippen LogP contribution in [0.3, 0.4) is 0 Å². The Hall–Kier alpha value is -0.680.